The van der Waals surface area contributed by atoms with Crippen molar-refractivity contribution in [3.8, 4) is 0 Å². The molecule has 1 fully saturated rings. The Morgan fingerprint density at radius 2 is 1.95 bits per heavy atom. The molecule has 3 N–H and O–H groups in total. The fourth-order valence-corrected chi connectivity index (χ4v) is 4.99. The molecule has 2 rings (SSSR count). The van der Waals surface area contributed by atoms with E-state index in [9.17, 15) is 24.9 Å². The van der Waals surface area contributed by atoms with Gasteiger partial charge >= 0.3 is 11.9 Å². The lowest BCUT2D eigenvalue weighted by atomic mass is 9.91. The van der Waals surface area contributed by atoms with E-state index in [1.54, 1.807) is 25.2 Å². The van der Waals surface area contributed by atoms with Crippen LogP contribution in [-0.4, -0.2) is 69.5 Å². The van der Waals surface area contributed by atoms with E-state index in [2.05, 4.69) is 0 Å². The first-order chi connectivity index (χ1) is 17.7. The van der Waals surface area contributed by atoms with Crippen molar-refractivity contribution < 1.29 is 39.1 Å². The van der Waals surface area contributed by atoms with Crippen LogP contribution in [-0.2, 0) is 23.8 Å². The molecule has 38 heavy (non-hydrogen) atoms. The predicted octanol–water partition coefficient (Wildman–Crippen LogP) is 4.02. The van der Waals surface area contributed by atoms with Gasteiger partial charge in [-0.3, -0.25) is 9.59 Å². The Morgan fingerprint density at radius 1 is 1.26 bits per heavy atom. The summed E-state index contributed by atoms with van der Waals surface area (Å²) in [5.41, 5.74) is -0.342. The third-order valence-corrected chi connectivity index (χ3v) is 7.60. The van der Waals surface area contributed by atoms with Crippen molar-refractivity contribution in [2.75, 3.05) is 0 Å². The Hall–Kier alpha value is -2.00. The van der Waals surface area contributed by atoms with Crippen molar-refractivity contribution in [1.82, 2.24) is 0 Å². The van der Waals surface area contributed by atoms with Crippen molar-refractivity contribution in [2.24, 2.45) is 17.8 Å². The Kier molecular flexibility index (Phi) is 12.2. The highest BCUT2D eigenvalue weighted by atomic mass is 16.6. The topological polar surface area (TPSA) is 126 Å². The van der Waals surface area contributed by atoms with Crippen molar-refractivity contribution in [3.05, 3.63) is 36.0 Å². The standard InChI is InChI=1S/C30H48O8/c1-8-24(33)21(5)29-26(37-29)17-30(7,35)15-9-10-19(3)28-20(4)12-14-25(36-22(6)31)18(2)11-13-23(32)16-27(34)38-28/h9-10,12,14-15,18,20-21,23-26,28-29,32-33,35H,8,11,13,16-17H2,1-7H3/b14-12+,15-9+,19-10+/t18-,20+,21-,23+,24-,25+,26-,28-,29-,30?/m1/s1. The van der Waals surface area contributed by atoms with Crippen molar-refractivity contribution in [1.29, 1.82) is 0 Å². The molecule has 10 atom stereocenters. The van der Waals surface area contributed by atoms with E-state index in [4.69, 9.17) is 14.2 Å². The molecule has 2 aliphatic heterocycles. The van der Waals surface area contributed by atoms with Crippen LogP contribution in [0.2, 0.25) is 0 Å². The zero-order chi connectivity index (χ0) is 28.6. The zero-order valence-corrected chi connectivity index (χ0v) is 24.0. The SMILES string of the molecule is CC[C@@H](O)[C@@H](C)[C@H]1O[C@@H]1CC(C)(O)/C=C/C=C(\C)[C@H]1OC(=O)C[C@@H](O)CC[C@@H](C)[C@@H](OC(C)=O)/C=C/[C@@H]1C. The minimum absolute atomic E-state index is 0.0131. The van der Waals surface area contributed by atoms with E-state index in [1.165, 1.54) is 6.92 Å². The number of epoxide rings is 1. The zero-order valence-electron chi connectivity index (χ0n) is 24.0. The number of carbonyl (C=O) groups is 2. The summed E-state index contributed by atoms with van der Waals surface area (Å²) in [5, 5.41) is 31.3. The maximum absolute atomic E-state index is 12.6. The van der Waals surface area contributed by atoms with Crippen LogP contribution in [0.1, 0.15) is 80.6 Å². The first kappa shape index (κ1) is 32.2. The third kappa shape index (κ3) is 10.3. The minimum Gasteiger partial charge on any atom is -0.458 e. The van der Waals surface area contributed by atoms with Gasteiger partial charge in [-0.1, -0.05) is 52.0 Å². The van der Waals surface area contributed by atoms with Crippen LogP contribution in [0.3, 0.4) is 0 Å². The van der Waals surface area contributed by atoms with Crippen LogP contribution in [0.5, 0.6) is 0 Å². The van der Waals surface area contributed by atoms with Crippen LogP contribution < -0.4 is 0 Å². The fraction of sp³-hybridized carbons (Fsp3) is 0.733. The maximum atomic E-state index is 12.6. The van der Waals surface area contributed by atoms with Crippen LogP contribution >= 0.6 is 0 Å². The van der Waals surface area contributed by atoms with E-state index in [0.717, 1.165) is 5.57 Å². The average Bonchev–Trinajstić information content (AvgIpc) is 3.59. The highest BCUT2D eigenvalue weighted by Crippen LogP contribution is 2.37. The Labute approximate surface area is 227 Å². The Morgan fingerprint density at radius 3 is 2.58 bits per heavy atom. The summed E-state index contributed by atoms with van der Waals surface area (Å²) < 4.78 is 17.0. The van der Waals surface area contributed by atoms with Crippen LogP contribution in [0, 0.1) is 17.8 Å². The monoisotopic (exact) mass is 536 g/mol. The van der Waals surface area contributed by atoms with Crippen molar-refractivity contribution in [3.63, 3.8) is 0 Å². The molecular weight excluding hydrogens is 488 g/mol. The molecule has 0 radical (unpaired) electrons. The number of hydrogen-bond donors (Lipinski definition) is 3. The van der Waals surface area contributed by atoms with Gasteiger partial charge in [0.2, 0.25) is 0 Å². The normalized spacial score (nSPS) is 35.3. The quantitative estimate of drug-likeness (QED) is 0.175. The van der Waals surface area contributed by atoms with E-state index < -0.39 is 36.0 Å². The number of carbonyl (C=O) groups excluding carboxylic acids is 2. The summed E-state index contributed by atoms with van der Waals surface area (Å²) in [4.78, 5) is 24.2. The maximum Gasteiger partial charge on any atom is 0.309 e. The number of aliphatic hydroxyl groups excluding tert-OH is 2. The number of cyclic esters (lactones) is 1. The fourth-order valence-electron chi connectivity index (χ4n) is 4.99. The number of ether oxygens (including phenoxy) is 3. The molecule has 2 aliphatic rings. The molecule has 0 spiro atoms. The molecule has 0 amide bonds. The van der Waals surface area contributed by atoms with E-state index in [-0.39, 0.29) is 42.4 Å². The van der Waals surface area contributed by atoms with Gasteiger partial charge in [-0.25, -0.2) is 0 Å². The molecule has 1 saturated heterocycles. The van der Waals surface area contributed by atoms with Crippen LogP contribution in [0.25, 0.3) is 0 Å². The number of rotatable bonds is 9. The molecular formula is C30H48O8. The molecule has 2 heterocycles. The second-order valence-corrected chi connectivity index (χ2v) is 11.4. The Balaban J connectivity index is 2.14. The highest BCUT2D eigenvalue weighted by Gasteiger charge is 2.47. The van der Waals surface area contributed by atoms with Gasteiger partial charge < -0.3 is 29.5 Å². The lowest BCUT2D eigenvalue weighted by Gasteiger charge is -2.27. The highest BCUT2D eigenvalue weighted by molar-refractivity contribution is 5.70. The summed E-state index contributed by atoms with van der Waals surface area (Å²) in [6.45, 7) is 12.7. The van der Waals surface area contributed by atoms with Crippen molar-refractivity contribution >= 4 is 11.9 Å². The molecule has 0 aromatic rings. The third-order valence-electron chi connectivity index (χ3n) is 7.60. The first-order valence-corrected chi connectivity index (χ1v) is 13.9. The molecule has 8 heteroatoms. The number of allylic oxidation sites excluding steroid dienone is 2. The lowest BCUT2D eigenvalue weighted by molar-refractivity contribution is -0.151. The number of aliphatic hydroxyl groups is 3. The van der Waals surface area contributed by atoms with Crippen LogP contribution in [0.15, 0.2) is 36.0 Å². The van der Waals surface area contributed by atoms with E-state index in [1.807, 2.05) is 46.8 Å². The lowest BCUT2D eigenvalue weighted by Crippen LogP contribution is -2.30. The molecule has 0 bridgehead atoms. The molecule has 0 aliphatic carbocycles. The molecule has 0 aromatic heterocycles. The summed E-state index contributed by atoms with van der Waals surface area (Å²) in [7, 11) is 0. The van der Waals surface area contributed by atoms with Gasteiger partial charge in [0.25, 0.3) is 0 Å². The summed E-state index contributed by atoms with van der Waals surface area (Å²) >= 11 is 0. The van der Waals surface area contributed by atoms with E-state index in [0.29, 0.717) is 25.7 Å². The van der Waals surface area contributed by atoms with Gasteiger partial charge in [0, 0.05) is 25.2 Å². The summed E-state index contributed by atoms with van der Waals surface area (Å²) in [5.74, 6) is -1.08. The Bertz CT molecular complexity index is 875. The van der Waals surface area contributed by atoms with E-state index >= 15 is 0 Å². The van der Waals surface area contributed by atoms with Gasteiger partial charge in [0.15, 0.2) is 0 Å². The predicted molar refractivity (Wildman–Crippen MR) is 145 cm³/mol. The molecule has 1 unspecified atom stereocenters. The van der Waals surface area contributed by atoms with Crippen molar-refractivity contribution in [2.45, 2.75) is 123 Å². The smallest absolute Gasteiger partial charge is 0.309 e. The average molecular weight is 537 g/mol. The summed E-state index contributed by atoms with van der Waals surface area (Å²) in [6.07, 6.45) is 8.48. The molecule has 216 valence electrons. The largest absolute Gasteiger partial charge is 0.458 e. The van der Waals surface area contributed by atoms with Gasteiger partial charge in [-0.05, 0) is 50.7 Å². The minimum atomic E-state index is -1.11. The second kappa shape index (κ2) is 14.4. The van der Waals surface area contributed by atoms with Gasteiger partial charge in [0.1, 0.15) is 12.2 Å². The number of hydrogen-bond acceptors (Lipinski definition) is 8. The molecule has 0 saturated carbocycles. The van der Waals surface area contributed by atoms with Gasteiger partial charge in [-0.2, -0.15) is 0 Å². The first-order valence-electron chi connectivity index (χ1n) is 13.9. The second-order valence-electron chi connectivity index (χ2n) is 11.4. The van der Waals surface area contributed by atoms with Gasteiger partial charge in [0.05, 0.1) is 36.4 Å². The van der Waals surface area contributed by atoms with Gasteiger partial charge in [-0.15, -0.1) is 0 Å². The molecule has 0 aromatic carbocycles. The number of esters is 2. The summed E-state index contributed by atoms with van der Waals surface area (Å²) in [6, 6.07) is 0. The van der Waals surface area contributed by atoms with Crippen LogP contribution in [0.4, 0.5) is 0 Å². The molecule has 8 nitrogen and oxygen atoms in total.